The van der Waals surface area contributed by atoms with Gasteiger partial charge < -0.3 is 20.9 Å². The van der Waals surface area contributed by atoms with Gasteiger partial charge in [-0.3, -0.25) is 14.4 Å². The fraction of sp³-hybridized carbons (Fsp3) is 0.333. The Bertz CT molecular complexity index is 1090. The first-order valence-corrected chi connectivity index (χ1v) is 11.6. The van der Waals surface area contributed by atoms with E-state index in [9.17, 15) is 14.4 Å². The Kier molecular flexibility index (Phi) is 11.5. The third-order valence-electron chi connectivity index (χ3n) is 5.10. The first-order valence-electron chi connectivity index (χ1n) is 11.6. The summed E-state index contributed by atoms with van der Waals surface area (Å²) < 4.78 is 0. The van der Waals surface area contributed by atoms with Crippen molar-refractivity contribution in [2.45, 2.75) is 26.2 Å². The highest BCUT2D eigenvalue weighted by Crippen LogP contribution is 2.10. The van der Waals surface area contributed by atoms with Crippen LogP contribution in [0.5, 0.6) is 0 Å². The van der Waals surface area contributed by atoms with Gasteiger partial charge in [-0.25, -0.2) is 0 Å². The molecule has 0 saturated carbocycles. The number of hydrogen-bond acceptors (Lipinski definition) is 5. The Morgan fingerprint density at radius 1 is 0.943 bits per heavy atom. The van der Waals surface area contributed by atoms with Crippen LogP contribution in [0, 0.1) is 23.2 Å². The van der Waals surface area contributed by atoms with Gasteiger partial charge in [0.05, 0.1) is 0 Å². The highest BCUT2D eigenvalue weighted by atomic mass is 16.2. The zero-order valence-corrected chi connectivity index (χ0v) is 20.2. The van der Waals surface area contributed by atoms with Crippen molar-refractivity contribution in [3.05, 3.63) is 65.2 Å². The topological polar surface area (TPSA) is 114 Å². The van der Waals surface area contributed by atoms with E-state index >= 15 is 0 Å². The molecule has 0 atom stereocenters. The summed E-state index contributed by atoms with van der Waals surface area (Å²) in [6, 6.07) is 15.3. The highest BCUT2D eigenvalue weighted by Gasteiger charge is 2.15. The lowest BCUT2D eigenvalue weighted by atomic mass is 10.1. The first kappa shape index (κ1) is 27.1. The third kappa shape index (κ3) is 9.32. The molecule has 2 aromatic rings. The van der Waals surface area contributed by atoms with Gasteiger partial charge in [0.15, 0.2) is 6.07 Å². The number of nitrogens with one attached hydrogen (secondary N) is 3. The van der Waals surface area contributed by atoms with Crippen molar-refractivity contribution in [1.82, 2.24) is 15.5 Å². The number of nitrogens with zero attached hydrogens (tertiary/aromatic N) is 2. The van der Waals surface area contributed by atoms with Crippen LogP contribution in [0.1, 0.15) is 52.5 Å². The van der Waals surface area contributed by atoms with Gasteiger partial charge in [-0.1, -0.05) is 12.8 Å². The summed E-state index contributed by atoms with van der Waals surface area (Å²) >= 11 is 0. The molecule has 0 bridgehead atoms. The quantitative estimate of drug-likeness (QED) is 0.324. The van der Waals surface area contributed by atoms with Crippen molar-refractivity contribution < 1.29 is 14.4 Å². The molecule has 0 fully saturated rings. The number of nitriles is 1. The predicted molar refractivity (Wildman–Crippen MR) is 136 cm³/mol. The average Bonchev–Trinajstić information content (AvgIpc) is 2.88. The number of benzene rings is 2. The van der Waals surface area contributed by atoms with Crippen LogP contribution in [-0.2, 0) is 4.79 Å². The second kappa shape index (κ2) is 14.9. The smallest absolute Gasteiger partial charge is 0.253 e. The third-order valence-corrected chi connectivity index (χ3v) is 5.10. The van der Waals surface area contributed by atoms with Crippen molar-refractivity contribution >= 4 is 23.4 Å². The van der Waals surface area contributed by atoms with Crippen LogP contribution in [0.15, 0.2) is 48.5 Å². The van der Waals surface area contributed by atoms with E-state index in [-0.39, 0.29) is 24.1 Å². The maximum atomic E-state index is 12.7. The molecule has 8 heteroatoms. The van der Waals surface area contributed by atoms with E-state index in [0.29, 0.717) is 48.4 Å². The lowest BCUT2D eigenvalue weighted by Gasteiger charge is -2.22. The Morgan fingerprint density at radius 2 is 1.63 bits per heavy atom. The Balaban J connectivity index is 1.77. The van der Waals surface area contributed by atoms with Crippen LogP contribution in [0.25, 0.3) is 0 Å². The summed E-state index contributed by atoms with van der Waals surface area (Å²) in [6.45, 7) is 4.40. The fourth-order valence-corrected chi connectivity index (χ4v) is 3.29. The maximum Gasteiger partial charge on any atom is 0.253 e. The van der Waals surface area contributed by atoms with Crippen molar-refractivity contribution in [3.63, 3.8) is 0 Å². The number of hydrogen-bond donors (Lipinski definition) is 3. The molecule has 0 radical (unpaired) electrons. The zero-order valence-electron chi connectivity index (χ0n) is 20.2. The molecule has 8 nitrogen and oxygen atoms in total. The van der Waals surface area contributed by atoms with E-state index in [1.165, 1.54) is 0 Å². The minimum Gasteiger partial charge on any atom is -0.352 e. The van der Waals surface area contributed by atoms with E-state index in [2.05, 4.69) is 27.8 Å². The second-order valence-corrected chi connectivity index (χ2v) is 7.82. The highest BCUT2D eigenvalue weighted by molar-refractivity contribution is 5.98. The van der Waals surface area contributed by atoms with Crippen LogP contribution in [0.2, 0.25) is 0 Å². The molecule has 0 saturated heterocycles. The number of carbonyl (C=O) groups excluding carboxylic acids is 3. The van der Waals surface area contributed by atoms with Gasteiger partial charge in [-0.05, 0) is 68.4 Å². The van der Waals surface area contributed by atoms with Crippen LogP contribution in [0.3, 0.4) is 0 Å². The molecular weight excluding hydrogens is 442 g/mol. The van der Waals surface area contributed by atoms with Gasteiger partial charge in [0.2, 0.25) is 5.91 Å². The van der Waals surface area contributed by atoms with E-state index in [0.717, 1.165) is 13.0 Å². The van der Waals surface area contributed by atoms with Gasteiger partial charge in [0.25, 0.3) is 11.8 Å². The fourth-order valence-electron chi connectivity index (χ4n) is 3.29. The van der Waals surface area contributed by atoms with Crippen molar-refractivity contribution in [2.75, 3.05) is 38.5 Å². The molecule has 0 aliphatic heterocycles. The number of carbonyl (C=O) groups is 3. The molecule has 2 aromatic carbocycles. The number of amides is 3. The number of likely N-dealkylation sites (N-methyl/N-ethyl adjacent to an activating group) is 1. The van der Waals surface area contributed by atoms with Crippen LogP contribution >= 0.6 is 0 Å². The summed E-state index contributed by atoms with van der Waals surface area (Å²) in [7, 11) is 1.85. The lowest BCUT2D eigenvalue weighted by Crippen LogP contribution is -2.36. The molecule has 0 unspecified atom stereocenters. The Morgan fingerprint density at radius 3 is 2.26 bits per heavy atom. The van der Waals surface area contributed by atoms with E-state index in [1.807, 2.05) is 14.0 Å². The summed E-state index contributed by atoms with van der Waals surface area (Å²) in [6.07, 6.45) is 1.61. The lowest BCUT2D eigenvalue weighted by molar-refractivity contribution is -0.116. The summed E-state index contributed by atoms with van der Waals surface area (Å²) in [4.78, 5) is 39.0. The molecule has 0 spiro atoms. The molecule has 3 N–H and O–H groups in total. The molecule has 35 heavy (non-hydrogen) atoms. The number of anilines is 1. The van der Waals surface area contributed by atoms with Crippen LogP contribution < -0.4 is 16.0 Å². The first-order chi connectivity index (χ1) is 17.0. The van der Waals surface area contributed by atoms with Gasteiger partial charge >= 0.3 is 0 Å². The molecular formula is C27H31N5O3. The SMILES string of the molecule is CCCN(CCNC)C(=O)c1ccc(C(=O)NCCCC(=O)Nc2ccc(C#CC#N)cc2)cc1. The summed E-state index contributed by atoms with van der Waals surface area (Å²) in [5.74, 6) is 4.54. The van der Waals surface area contributed by atoms with E-state index < -0.39 is 0 Å². The molecule has 0 aromatic heterocycles. The van der Waals surface area contributed by atoms with Crippen LogP contribution in [-0.4, -0.2) is 55.8 Å². The van der Waals surface area contributed by atoms with Gasteiger partial charge in [-0.15, -0.1) is 0 Å². The molecule has 0 heterocycles. The second-order valence-electron chi connectivity index (χ2n) is 7.82. The zero-order chi connectivity index (χ0) is 25.5. The summed E-state index contributed by atoms with van der Waals surface area (Å²) in [5, 5.41) is 17.1. The normalized spacial score (nSPS) is 9.86. The standard InChI is InChI=1S/C27H31N5O3/c1-3-19-32(20-18-29-2)27(35)23-12-10-22(11-13-23)26(34)30-17-5-7-25(33)31-24-14-8-21(9-15-24)6-4-16-28/h8-15,29H,3,5,7,17-20H2,1-2H3,(H,30,34)(H,31,33). The predicted octanol–water partition coefficient (Wildman–Crippen LogP) is 2.78. The minimum atomic E-state index is -0.251. The molecule has 2 rings (SSSR count). The average molecular weight is 474 g/mol. The van der Waals surface area contributed by atoms with E-state index in [4.69, 9.17) is 5.26 Å². The molecule has 182 valence electrons. The maximum absolute atomic E-state index is 12.7. The van der Waals surface area contributed by atoms with Gasteiger partial charge in [0.1, 0.15) is 0 Å². The molecule has 0 aliphatic rings. The molecule has 0 aliphatic carbocycles. The monoisotopic (exact) mass is 473 g/mol. The van der Waals surface area contributed by atoms with Gasteiger partial charge in [-0.2, -0.15) is 5.26 Å². The largest absolute Gasteiger partial charge is 0.352 e. The van der Waals surface area contributed by atoms with Crippen molar-refractivity contribution in [3.8, 4) is 17.9 Å². The van der Waals surface area contributed by atoms with Crippen LogP contribution in [0.4, 0.5) is 5.69 Å². The Hall–Kier alpha value is -4.14. The Labute approximate surface area is 206 Å². The molecule has 3 amide bonds. The number of rotatable bonds is 12. The van der Waals surface area contributed by atoms with Crippen molar-refractivity contribution in [1.29, 1.82) is 5.26 Å². The van der Waals surface area contributed by atoms with Gasteiger partial charge in [0, 0.05) is 60.9 Å². The van der Waals surface area contributed by atoms with E-state index in [1.54, 1.807) is 59.5 Å². The van der Waals surface area contributed by atoms with Crippen molar-refractivity contribution in [2.24, 2.45) is 0 Å². The minimum absolute atomic E-state index is 0.0511. The summed E-state index contributed by atoms with van der Waals surface area (Å²) in [5.41, 5.74) is 2.34.